The van der Waals surface area contributed by atoms with Crippen molar-refractivity contribution in [1.29, 1.82) is 5.26 Å². The third-order valence-electron chi connectivity index (χ3n) is 2.49. The van der Waals surface area contributed by atoms with E-state index in [0.29, 0.717) is 17.1 Å². The Kier molecular flexibility index (Phi) is 3.49. The zero-order chi connectivity index (χ0) is 13.1. The van der Waals surface area contributed by atoms with Crippen LogP contribution in [0.1, 0.15) is 11.1 Å². The maximum atomic E-state index is 8.75. The van der Waals surface area contributed by atoms with Crippen molar-refractivity contribution in [2.75, 3.05) is 11.1 Å². The van der Waals surface area contributed by atoms with Crippen molar-refractivity contribution in [3.05, 3.63) is 46.1 Å². The van der Waals surface area contributed by atoms with Gasteiger partial charge in [-0.1, -0.05) is 15.9 Å². The predicted molar refractivity (Wildman–Crippen MR) is 75.5 cm³/mol. The van der Waals surface area contributed by atoms with Gasteiger partial charge in [-0.2, -0.15) is 5.26 Å². The van der Waals surface area contributed by atoms with Gasteiger partial charge in [-0.15, -0.1) is 0 Å². The van der Waals surface area contributed by atoms with Crippen molar-refractivity contribution >= 4 is 33.1 Å². The summed E-state index contributed by atoms with van der Waals surface area (Å²) in [5, 5.41) is 11.9. The maximum absolute atomic E-state index is 8.75. The van der Waals surface area contributed by atoms with Crippen LogP contribution in [-0.2, 0) is 0 Å². The summed E-state index contributed by atoms with van der Waals surface area (Å²) in [6.45, 7) is 1.99. The van der Waals surface area contributed by atoms with E-state index in [1.807, 2.05) is 31.2 Å². The van der Waals surface area contributed by atoms with E-state index in [-0.39, 0.29) is 0 Å². The van der Waals surface area contributed by atoms with Gasteiger partial charge in [0, 0.05) is 16.4 Å². The smallest absolute Gasteiger partial charge is 0.153 e. The topological polar surface area (TPSA) is 74.7 Å². The lowest BCUT2D eigenvalue weighted by Crippen LogP contribution is -2.01. The average molecular weight is 303 g/mol. The van der Waals surface area contributed by atoms with Gasteiger partial charge in [-0.05, 0) is 36.8 Å². The van der Waals surface area contributed by atoms with Gasteiger partial charge in [0.2, 0.25) is 0 Å². The van der Waals surface area contributed by atoms with Gasteiger partial charge in [0.1, 0.15) is 6.07 Å². The Morgan fingerprint density at radius 1 is 1.39 bits per heavy atom. The molecule has 3 N–H and O–H groups in total. The predicted octanol–water partition coefficient (Wildman–Crippen LogP) is 3.35. The van der Waals surface area contributed by atoms with Gasteiger partial charge in [0.15, 0.2) is 5.82 Å². The number of benzene rings is 1. The summed E-state index contributed by atoms with van der Waals surface area (Å²) < 4.78 is 1.02. The second kappa shape index (κ2) is 5.07. The maximum Gasteiger partial charge on any atom is 0.153 e. The Balaban J connectivity index is 2.32. The van der Waals surface area contributed by atoms with E-state index in [4.69, 9.17) is 11.0 Å². The SMILES string of the molecule is Cc1cc(Br)ccc1Nc1ncc(C#N)cc1N. The summed E-state index contributed by atoms with van der Waals surface area (Å²) in [6, 6.07) is 9.49. The Labute approximate surface area is 114 Å². The molecule has 1 heterocycles. The number of pyridine rings is 1. The lowest BCUT2D eigenvalue weighted by molar-refractivity contribution is 1.28. The standard InChI is InChI=1S/C13H11BrN4/c1-8-4-10(14)2-3-12(8)18-13-11(16)5-9(6-15)7-17-13/h2-5,7H,16H2,1H3,(H,17,18). The van der Waals surface area contributed by atoms with E-state index in [1.54, 1.807) is 6.07 Å². The molecule has 0 aliphatic rings. The summed E-state index contributed by atoms with van der Waals surface area (Å²) >= 11 is 3.41. The van der Waals surface area contributed by atoms with Crippen LogP contribution in [0.25, 0.3) is 0 Å². The molecule has 0 saturated carbocycles. The molecule has 0 radical (unpaired) electrons. The number of anilines is 3. The number of nitriles is 1. The van der Waals surface area contributed by atoms with Crippen molar-refractivity contribution < 1.29 is 0 Å². The Bertz CT molecular complexity index is 631. The van der Waals surface area contributed by atoms with Gasteiger partial charge < -0.3 is 11.1 Å². The van der Waals surface area contributed by atoms with Crippen LogP contribution in [0.2, 0.25) is 0 Å². The number of rotatable bonds is 2. The van der Waals surface area contributed by atoms with Crippen LogP contribution in [0.15, 0.2) is 34.9 Å². The summed E-state index contributed by atoms with van der Waals surface area (Å²) in [4.78, 5) is 4.14. The minimum Gasteiger partial charge on any atom is -0.396 e. The molecule has 1 aromatic heterocycles. The van der Waals surface area contributed by atoms with Crippen LogP contribution >= 0.6 is 15.9 Å². The third kappa shape index (κ3) is 2.60. The summed E-state index contributed by atoms with van der Waals surface area (Å²) in [5.74, 6) is 0.555. The molecule has 90 valence electrons. The second-order valence-corrected chi connectivity index (χ2v) is 4.77. The van der Waals surface area contributed by atoms with Crippen molar-refractivity contribution in [2.24, 2.45) is 0 Å². The number of hydrogen-bond donors (Lipinski definition) is 2. The first-order valence-corrected chi connectivity index (χ1v) is 6.08. The van der Waals surface area contributed by atoms with Gasteiger partial charge in [-0.3, -0.25) is 0 Å². The molecule has 2 aromatic rings. The van der Waals surface area contributed by atoms with Gasteiger partial charge in [-0.25, -0.2) is 4.98 Å². The lowest BCUT2D eigenvalue weighted by Gasteiger charge is -2.11. The van der Waals surface area contributed by atoms with Gasteiger partial charge in [0.25, 0.3) is 0 Å². The van der Waals surface area contributed by atoms with Gasteiger partial charge in [0.05, 0.1) is 11.3 Å². The molecule has 0 unspecified atom stereocenters. The normalized spacial score (nSPS) is 9.83. The molecule has 0 atom stereocenters. The number of aryl methyl sites for hydroxylation is 1. The Morgan fingerprint density at radius 2 is 2.17 bits per heavy atom. The number of halogens is 1. The highest BCUT2D eigenvalue weighted by Crippen LogP contribution is 2.25. The molecule has 0 fully saturated rings. The molecule has 0 bridgehead atoms. The first-order valence-electron chi connectivity index (χ1n) is 5.29. The van der Waals surface area contributed by atoms with Crippen molar-refractivity contribution in [3.8, 4) is 6.07 Å². The molecule has 0 aliphatic heterocycles. The van der Waals surface area contributed by atoms with Crippen LogP contribution < -0.4 is 11.1 Å². The fraction of sp³-hybridized carbons (Fsp3) is 0.0769. The first-order chi connectivity index (χ1) is 8.60. The third-order valence-corrected chi connectivity index (χ3v) is 2.98. The molecule has 18 heavy (non-hydrogen) atoms. The molecule has 5 heteroatoms. The molecule has 1 aromatic carbocycles. The number of nitrogen functional groups attached to an aromatic ring is 1. The molecule has 4 nitrogen and oxygen atoms in total. The van der Waals surface area contributed by atoms with Crippen LogP contribution in [0.3, 0.4) is 0 Å². The van der Waals surface area contributed by atoms with Gasteiger partial charge >= 0.3 is 0 Å². The molecular weight excluding hydrogens is 292 g/mol. The molecule has 0 saturated heterocycles. The molecule has 0 aliphatic carbocycles. The fourth-order valence-corrected chi connectivity index (χ4v) is 2.02. The van der Waals surface area contributed by atoms with E-state index in [9.17, 15) is 0 Å². The Hall–Kier alpha value is -2.06. The highest BCUT2D eigenvalue weighted by atomic mass is 79.9. The molecule has 2 rings (SSSR count). The van der Waals surface area contributed by atoms with E-state index in [0.717, 1.165) is 15.7 Å². The highest BCUT2D eigenvalue weighted by molar-refractivity contribution is 9.10. The fourth-order valence-electron chi connectivity index (χ4n) is 1.54. The van der Waals surface area contributed by atoms with Crippen LogP contribution in [0.5, 0.6) is 0 Å². The molecule has 0 spiro atoms. The minimum absolute atomic E-state index is 0.450. The number of nitrogens with two attached hydrogens (primary N) is 1. The number of aromatic nitrogens is 1. The van der Waals surface area contributed by atoms with E-state index >= 15 is 0 Å². The monoisotopic (exact) mass is 302 g/mol. The lowest BCUT2D eigenvalue weighted by atomic mass is 10.2. The van der Waals surface area contributed by atoms with Crippen molar-refractivity contribution in [3.63, 3.8) is 0 Å². The second-order valence-electron chi connectivity index (χ2n) is 3.86. The minimum atomic E-state index is 0.450. The summed E-state index contributed by atoms with van der Waals surface area (Å²) in [6.07, 6.45) is 1.49. The zero-order valence-corrected chi connectivity index (χ0v) is 11.3. The largest absolute Gasteiger partial charge is 0.396 e. The summed E-state index contributed by atoms with van der Waals surface area (Å²) in [7, 11) is 0. The highest BCUT2D eigenvalue weighted by Gasteiger charge is 2.05. The van der Waals surface area contributed by atoms with Crippen LogP contribution in [-0.4, -0.2) is 4.98 Å². The average Bonchev–Trinajstić information content (AvgIpc) is 2.34. The van der Waals surface area contributed by atoms with Crippen LogP contribution in [0.4, 0.5) is 17.2 Å². The molecular formula is C13H11BrN4. The zero-order valence-electron chi connectivity index (χ0n) is 9.74. The number of hydrogen-bond acceptors (Lipinski definition) is 4. The van der Waals surface area contributed by atoms with Crippen LogP contribution in [0, 0.1) is 18.3 Å². The van der Waals surface area contributed by atoms with E-state index in [2.05, 4.69) is 26.2 Å². The van der Waals surface area contributed by atoms with Crippen molar-refractivity contribution in [1.82, 2.24) is 4.98 Å². The van der Waals surface area contributed by atoms with E-state index < -0.39 is 0 Å². The first kappa shape index (κ1) is 12.4. The van der Waals surface area contributed by atoms with Crippen molar-refractivity contribution in [2.45, 2.75) is 6.92 Å². The Morgan fingerprint density at radius 3 is 2.78 bits per heavy atom. The number of nitrogens with zero attached hydrogens (tertiary/aromatic N) is 2. The van der Waals surface area contributed by atoms with E-state index in [1.165, 1.54) is 6.20 Å². The summed E-state index contributed by atoms with van der Waals surface area (Å²) in [5.41, 5.74) is 8.76. The number of nitrogens with one attached hydrogen (secondary N) is 1. The quantitative estimate of drug-likeness (QED) is 0.892. The molecule has 0 amide bonds.